The number of phenols is 2. The molecular weight excluding hydrogens is 680 g/mol. The number of carbonyl (C=O) groups is 2. The van der Waals surface area contributed by atoms with E-state index >= 15 is 0 Å². The first-order chi connectivity index (χ1) is 19.7. The first kappa shape index (κ1) is 44.8. The quantitative estimate of drug-likeness (QED) is 0.230. The fourth-order valence-electron chi connectivity index (χ4n) is 3.96. The van der Waals surface area contributed by atoms with Gasteiger partial charge in [-0.1, -0.05) is 113 Å². The molecule has 0 amide bonds. The summed E-state index contributed by atoms with van der Waals surface area (Å²) in [6.45, 7) is 30.6. The maximum absolute atomic E-state index is 11.0. The summed E-state index contributed by atoms with van der Waals surface area (Å²) in [5, 5.41) is 44.7. The zero-order chi connectivity index (χ0) is 34.8. The molecule has 8 nitrogen and oxygen atoms in total. The molecule has 2 rings (SSSR count). The minimum Gasteiger partial charge on any atom is -0.550 e. The van der Waals surface area contributed by atoms with E-state index in [1.165, 1.54) is 10.4 Å². The van der Waals surface area contributed by atoms with Gasteiger partial charge in [0.25, 0.3) is 0 Å². The largest absolute Gasteiger partial charge is 2.00 e. The summed E-state index contributed by atoms with van der Waals surface area (Å²) in [6.07, 6.45) is 3.62. The Labute approximate surface area is 285 Å². The molecule has 0 bridgehead atoms. The van der Waals surface area contributed by atoms with Gasteiger partial charge >= 0.3 is 16.8 Å². The standard InChI is InChI=1S/C28H48N2O2Si4.2C2H4O2.Co/c1-33(2,3)23-15-21(27(31)25(17-23)35(7,8)9)19-29-13-14-30-20-22-16-24(34(4,5)6)18-26(28(22)32)36(10,11)12;2*1-2(3)4;/h15-20,31-32H,13-14H2,1-12H3;2*1H3,(H,3,4);/q;;;+2/p-2. The van der Waals surface area contributed by atoms with Crippen LogP contribution in [-0.2, 0) is 26.4 Å². The van der Waals surface area contributed by atoms with E-state index in [4.69, 9.17) is 19.8 Å². The summed E-state index contributed by atoms with van der Waals surface area (Å²) < 4.78 is 0. The molecule has 0 saturated heterocycles. The number of carboxylic acid groups (broad SMARTS) is 2. The molecule has 0 fully saturated rings. The number of phenolic OH excluding ortho intramolecular Hbond substituents is 2. The Morgan fingerprint density at radius 1 is 0.600 bits per heavy atom. The molecule has 0 aliphatic heterocycles. The summed E-state index contributed by atoms with van der Waals surface area (Å²) in [5.41, 5.74) is 1.63. The number of hydrogen-bond donors (Lipinski definition) is 2. The van der Waals surface area contributed by atoms with Crippen molar-refractivity contribution in [2.75, 3.05) is 13.1 Å². The summed E-state index contributed by atoms with van der Waals surface area (Å²) in [7, 11) is -6.44. The van der Waals surface area contributed by atoms with Crippen LogP contribution in [0.2, 0.25) is 78.6 Å². The number of carbonyl (C=O) groups excluding carboxylic acids is 2. The van der Waals surface area contributed by atoms with Gasteiger partial charge in [0.1, 0.15) is 11.5 Å². The number of nitrogens with zero attached hydrogens (tertiary/aromatic N) is 2. The monoisotopic (exact) mass is 733 g/mol. The van der Waals surface area contributed by atoms with Gasteiger partial charge in [-0.2, -0.15) is 0 Å². The summed E-state index contributed by atoms with van der Waals surface area (Å²) in [6, 6.07) is 8.72. The van der Waals surface area contributed by atoms with Crippen LogP contribution >= 0.6 is 0 Å². The van der Waals surface area contributed by atoms with Gasteiger partial charge in [-0.05, 0) is 24.2 Å². The number of rotatable bonds is 9. The van der Waals surface area contributed by atoms with E-state index in [9.17, 15) is 10.2 Å². The van der Waals surface area contributed by atoms with Crippen LogP contribution in [0.15, 0.2) is 34.3 Å². The van der Waals surface area contributed by atoms with Gasteiger partial charge in [-0.25, -0.2) is 0 Å². The van der Waals surface area contributed by atoms with Crippen LogP contribution < -0.4 is 31.0 Å². The van der Waals surface area contributed by atoms with Crippen molar-refractivity contribution in [2.24, 2.45) is 9.98 Å². The second-order valence-electron chi connectivity index (χ2n) is 15.0. The SMILES string of the molecule is CC(=O)[O-].CC(=O)[O-].C[Si](C)(C)c1cc(C=NCCN=Cc2cc([Si](C)(C)C)cc([Si](C)(C)C)c2O)c(O)c([Si](C)(C)C)c1.[Co+2]. The third-order valence-corrected chi connectivity index (χ3v) is 14.5. The summed E-state index contributed by atoms with van der Waals surface area (Å²) in [4.78, 5) is 27.0. The van der Waals surface area contributed by atoms with Gasteiger partial charge in [-0.15, -0.1) is 0 Å². The Balaban J connectivity index is 0. The Hall–Kier alpha value is -2.31. The minimum atomic E-state index is -1.69. The van der Waals surface area contributed by atoms with Crippen molar-refractivity contribution in [3.05, 3.63) is 35.4 Å². The molecule has 0 unspecified atom stereocenters. The van der Waals surface area contributed by atoms with Gasteiger partial charge in [0, 0.05) is 35.5 Å². The second-order valence-corrected chi connectivity index (χ2v) is 35.2. The topological polar surface area (TPSA) is 145 Å². The number of benzene rings is 2. The van der Waals surface area contributed by atoms with Gasteiger partial charge in [0.15, 0.2) is 0 Å². The van der Waals surface area contributed by atoms with Crippen molar-refractivity contribution in [3.8, 4) is 11.5 Å². The predicted octanol–water partition coefficient (Wildman–Crippen LogP) is 2.33. The molecule has 0 saturated carbocycles. The zero-order valence-corrected chi connectivity index (χ0v) is 34.7. The van der Waals surface area contributed by atoms with Gasteiger partial charge < -0.3 is 30.0 Å². The van der Waals surface area contributed by atoms with Crippen molar-refractivity contribution in [2.45, 2.75) is 92.4 Å². The minimum absolute atomic E-state index is 0. The number of aliphatic carboxylic acids is 2. The number of aromatic hydroxyl groups is 2. The molecule has 0 spiro atoms. The molecule has 253 valence electrons. The van der Waals surface area contributed by atoms with E-state index in [0.717, 1.165) is 35.3 Å². The van der Waals surface area contributed by atoms with Crippen LogP contribution in [0.25, 0.3) is 0 Å². The van der Waals surface area contributed by atoms with Crippen LogP contribution in [-0.4, -0.2) is 80.0 Å². The fourth-order valence-corrected chi connectivity index (χ4v) is 9.47. The molecule has 45 heavy (non-hydrogen) atoms. The van der Waals surface area contributed by atoms with Crippen molar-refractivity contribution >= 4 is 77.4 Å². The van der Waals surface area contributed by atoms with Crippen molar-refractivity contribution in [3.63, 3.8) is 0 Å². The third-order valence-electron chi connectivity index (χ3n) is 6.45. The molecule has 13 heteroatoms. The molecule has 1 radical (unpaired) electrons. The molecule has 0 atom stereocenters. The first-order valence-electron chi connectivity index (χ1n) is 14.8. The Morgan fingerprint density at radius 2 is 0.844 bits per heavy atom. The maximum Gasteiger partial charge on any atom is 2.00 e. The normalized spacial score (nSPS) is 12.1. The van der Waals surface area contributed by atoms with Crippen molar-refractivity contribution in [1.82, 2.24) is 0 Å². The summed E-state index contributed by atoms with van der Waals surface area (Å²) >= 11 is 0. The molecular formula is C32H54CoN2O6Si4. The predicted molar refractivity (Wildman–Crippen MR) is 194 cm³/mol. The summed E-state index contributed by atoms with van der Waals surface area (Å²) in [5.74, 6) is -1.40. The Kier molecular flexibility index (Phi) is 18.1. The van der Waals surface area contributed by atoms with Crippen LogP contribution in [0.4, 0.5) is 0 Å². The third kappa shape index (κ3) is 16.7. The number of aliphatic imine (C=N–C) groups is 2. The van der Waals surface area contributed by atoms with E-state index in [1.807, 2.05) is 12.4 Å². The molecule has 0 aliphatic rings. The molecule has 0 aliphatic carbocycles. The van der Waals surface area contributed by atoms with E-state index in [0.29, 0.717) is 24.6 Å². The Bertz CT molecular complexity index is 1240. The second kappa shape index (κ2) is 18.1. The molecule has 2 N–H and O–H groups in total. The molecule has 2 aromatic rings. The maximum atomic E-state index is 11.0. The fraction of sp³-hybridized carbons (Fsp3) is 0.500. The number of carboxylic acids is 2. The van der Waals surface area contributed by atoms with E-state index in [2.05, 4.69) is 113 Å². The molecule has 0 heterocycles. The van der Waals surface area contributed by atoms with E-state index in [-0.39, 0.29) is 16.8 Å². The van der Waals surface area contributed by atoms with Crippen LogP contribution in [0, 0.1) is 0 Å². The average Bonchev–Trinajstić information content (AvgIpc) is 2.79. The smallest absolute Gasteiger partial charge is 0.550 e. The average molecular weight is 734 g/mol. The van der Waals surface area contributed by atoms with Crippen LogP contribution in [0.1, 0.15) is 25.0 Å². The van der Waals surface area contributed by atoms with Crippen LogP contribution in [0.5, 0.6) is 11.5 Å². The molecule has 0 aromatic heterocycles. The molecule has 2 aromatic carbocycles. The van der Waals surface area contributed by atoms with Gasteiger partial charge in [0.05, 0.1) is 45.4 Å². The Morgan fingerprint density at radius 3 is 1.04 bits per heavy atom. The van der Waals surface area contributed by atoms with Crippen molar-refractivity contribution in [1.29, 1.82) is 0 Å². The first-order valence-corrected chi connectivity index (χ1v) is 28.8. The van der Waals surface area contributed by atoms with Gasteiger partial charge in [-0.3, -0.25) is 9.98 Å². The van der Waals surface area contributed by atoms with E-state index < -0.39 is 44.2 Å². The van der Waals surface area contributed by atoms with Crippen molar-refractivity contribution < 1.29 is 46.8 Å². The zero-order valence-electron chi connectivity index (χ0n) is 29.6. The van der Waals surface area contributed by atoms with E-state index in [1.54, 1.807) is 0 Å². The van der Waals surface area contributed by atoms with Crippen LogP contribution in [0.3, 0.4) is 0 Å². The number of hydrogen-bond acceptors (Lipinski definition) is 8. The van der Waals surface area contributed by atoms with Gasteiger partial charge in [0.2, 0.25) is 0 Å².